The molecule has 1 aromatic rings. The van der Waals surface area contributed by atoms with Gasteiger partial charge in [0.15, 0.2) is 6.10 Å². The van der Waals surface area contributed by atoms with Gasteiger partial charge in [0.05, 0.1) is 19.3 Å². The number of carbonyl (C=O) groups is 2. The zero-order valence-electron chi connectivity index (χ0n) is 13.3. The van der Waals surface area contributed by atoms with E-state index in [1.165, 1.54) is 4.90 Å². The zero-order valence-corrected chi connectivity index (χ0v) is 13.3. The second-order valence-electron chi connectivity index (χ2n) is 5.92. The third-order valence-electron chi connectivity index (χ3n) is 4.17. The smallest absolute Gasteiger partial charge is 0.334 e. The van der Waals surface area contributed by atoms with Gasteiger partial charge in [0.2, 0.25) is 0 Å². The molecule has 1 N–H and O–H groups in total. The molecule has 2 fully saturated rings. The van der Waals surface area contributed by atoms with Crippen molar-refractivity contribution in [1.29, 1.82) is 0 Å². The normalized spacial score (nSPS) is 23.9. The Labute approximate surface area is 140 Å². The highest BCUT2D eigenvalue weighted by Gasteiger charge is 2.29. The Balaban J connectivity index is 1.61. The highest BCUT2D eigenvalue weighted by Crippen LogP contribution is 2.19. The molecule has 0 aromatic heterocycles. The van der Waals surface area contributed by atoms with Crippen LogP contribution in [0.15, 0.2) is 24.3 Å². The van der Waals surface area contributed by atoms with E-state index < -0.39 is 12.1 Å². The SMILES string of the molecule is O=C(O)[C@H]1CN(C(=O)c2cccc(OC[C@@H]3CCCO3)c2)CCO1. The molecule has 2 atom stereocenters. The van der Waals surface area contributed by atoms with Crippen molar-refractivity contribution in [3.63, 3.8) is 0 Å². The van der Waals surface area contributed by atoms with Crippen molar-refractivity contribution in [2.24, 2.45) is 0 Å². The molecule has 2 aliphatic heterocycles. The lowest BCUT2D eigenvalue weighted by atomic mass is 10.1. The van der Waals surface area contributed by atoms with Crippen LogP contribution in [0.2, 0.25) is 0 Å². The number of benzene rings is 1. The molecule has 7 nitrogen and oxygen atoms in total. The number of hydrogen-bond donors (Lipinski definition) is 1. The first-order valence-corrected chi connectivity index (χ1v) is 8.11. The average molecular weight is 335 g/mol. The summed E-state index contributed by atoms with van der Waals surface area (Å²) in [6, 6.07) is 6.94. The maximum Gasteiger partial charge on any atom is 0.334 e. The summed E-state index contributed by atoms with van der Waals surface area (Å²) in [5.74, 6) is -0.660. The Kier molecular flexibility index (Phi) is 5.32. The summed E-state index contributed by atoms with van der Waals surface area (Å²) >= 11 is 0. The van der Waals surface area contributed by atoms with Crippen molar-refractivity contribution in [1.82, 2.24) is 4.90 Å². The Morgan fingerprint density at radius 1 is 1.29 bits per heavy atom. The molecule has 7 heteroatoms. The molecule has 24 heavy (non-hydrogen) atoms. The maximum absolute atomic E-state index is 12.6. The van der Waals surface area contributed by atoms with Gasteiger partial charge in [-0.25, -0.2) is 4.79 Å². The second kappa shape index (κ2) is 7.63. The summed E-state index contributed by atoms with van der Waals surface area (Å²) in [4.78, 5) is 25.1. The average Bonchev–Trinajstić information content (AvgIpc) is 3.13. The number of carboxylic acid groups (broad SMARTS) is 1. The van der Waals surface area contributed by atoms with Gasteiger partial charge in [-0.1, -0.05) is 6.07 Å². The number of amides is 1. The van der Waals surface area contributed by atoms with Crippen LogP contribution in [0.4, 0.5) is 0 Å². The number of morpholine rings is 1. The van der Waals surface area contributed by atoms with Gasteiger partial charge in [-0.3, -0.25) is 4.79 Å². The number of rotatable bonds is 5. The van der Waals surface area contributed by atoms with Crippen LogP contribution in [-0.4, -0.2) is 67.0 Å². The zero-order chi connectivity index (χ0) is 16.9. The molecule has 0 bridgehead atoms. The largest absolute Gasteiger partial charge is 0.491 e. The van der Waals surface area contributed by atoms with Gasteiger partial charge >= 0.3 is 5.97 Å². The summed E-state index contributed by atoms with van der Waals surface area (Å²) in [5, 5.41) is 9.03. The minimum absolute atomic E-state index is 0.0508. The number of aliphatic carboxylic acids is 1. The molecule has 1 aromatic carbocycles. The fourth-order valence-corrected chi connectivity index (χ4v) is 2.85. The van der Waals surface area contributed by atoms with Crippen molar-refractivity contribution in [2.75, 3.05) is 32.9 Å². The molecule has 2 aliphatic rings. The Bertz CT molecular complexity index is 598. The van der Waals surface area contributed by atoms with Gasteiger partial charge in [0.25, 0.3) is 5.91 Å². The van der Waals surface area contributed by atoms with E-state index in [4.69, 9.17) is 19.3 Å². The quantitative estimate of drug-likeness (QED) is 0.869. The van der Waals surface area contributed by atoms with E-state index in [9.17, 15) is 9.59 Å². The number of nitrogens with zero attached hydrogens (tertiary/aromatic N) is 1. The summed E-state index contributed by atoms with van der Waals surface area (Å²) in [5.41, 5.74) is 0.478. The summed E-state index contributed by atoms with van der Waals surface area (Å²) in [6.45, 7) is 1.89. The summed E-state index contributed by atoms with van der Waals surface area (Å²) in [7, 11) is 0. The van der Waals surface area contributed by atoms with Crippen molar-refractivity contribution >= 4 is 11.9 Å². The van der Waals surface area contributed by atoms with Gasteiger partial charge in [0.1, 0.15) is 12.4 Å². The van der Waals surface area contributed by atoms with Crippen LogP contribution in [0, 0.1) is 0 Å². The van der Waals surface area contributed by atoms with E-state index in [2.05, 4.69) is 0 Å². The van der Waals surface area contributed by atoms with Crippen LogP contribution in [0.3, 0.4) is 0 Å². The molecule has 2 saturated heterocycles. The summed E-state index contributed by atoms with van der Waals surface area (Å²) in [6.07, 6.45) is 1.18. The predicted molar refractivity (Wildman–Crippen MR) is 84.2 cm³/mol. The fourth-order valence-electron chi connectivity index (χ4n) is 2.85. The van der Waals surface area contributed by atoms with Gasteiger partial charge in [0, 0.05) is 18.7 Å². The van der Waals surface area contributed by atoms with E-state index >= 15 is 0 Å². The molecule has 0 aliphatic carbocycles. The van der Waals surface area contributed by atoms with E-state index in [1.807, 2.05) is 0 Å². The number of ether oxygens (including phenoxy) is 3. The van der Waals surface area contributed by atoms with Gasteiger partial charge in [-0.05, 0) is 31.0 Å². The molecular weight excluding hydrogens is 314 g/mol. The Morgan fingerprint density at radius 2 is 2.17 bits per heavy atom. The highest BCUT2D eigenvalue weighted by atomic mass is 16.5. The van der Waals surface area contributed by atoms with Crippen molar-refractivity contribution < 1.29 is 28.9 Å². The van der Waals surface area contributed by atoms with Gasteiger partial charge in [-0.15, -0.1) is 0 Å². The number of carbonyl (C=O) groups excluding carboxylic acids is 1. The van der Waals surface area contributed by atoms with E-state index in [-0.39, 0.29) is 25.2 Å². The van der Waals surface area contributed by atoms with Crippen LogP contribution < -0.4 is 4.74 Å². The van der Waals surface area contributed by atoms with E-state index in [1.54, 1.807) is 24.3 Å². The van der Waals surface area contributed by atoms with E-state index in [0.29, 0.717) is 24.5 Å². The number of carboxylic acids is 1. The topological polar surface area (TPSA) is 85.3 Å². The lowest BCUT2D eigenvalue weighted by Crippen LogP contribution is -2.48. The standard InChI is InChI=1S/C17H21NO6/c19-16(18-6-8-23-15(10-18)17(20)21)12-3-1-4-13(9-12)24-11-14-5-2-7-22-14/h1,3-4,9,14-15H,2,5-8,10-11H2,(H,20,21)/t14-,15+/m0/s1. The van der Waals surface area contributed by atoms with Crippen LogP contribution in [0.5, 0.6) is 5.75 Å². The minimum Gasteiger partial charge on any atom is -0.491 e. The van der Waals surface area contributed by atoms with Crippen LogP contribution in [0.1, 0.15) is 23.2 Å². The molecule has 1 amide bonds. The van der Waals surface area contributed by atoms with Crippen molar-refractivity contribution in [3.8, 4) is 5.75 Å². The Morgan fingerprint density at radius 3 is 2.92 bits per heavy atom. The first-order valence-electron chi connectivity index (χ1n) is 8.11. The fraction of sp³-hybridized carbons (Fsp3) is 0.529. The third-order valence-corrected chi connectivity index (χ3v) is 4.17. The van der Waals surface area contributed by atoms with Crippen LogP contribution >= 0.6 is 0 Å². The van der Waals surface area contributed by atoms with E-state index in [0.717, 1.165) is 19.4 Å². The highest BCUT2D eigenvalue weighted by molar-refractivity contribution is 5.95. The second-order valence-corrected chi connectivity index (χ2v) is 5.92. The minimum atomic E-state index is -1.05. The first kappa shape index (κ1) is 16.7. The molecular formula is C17H21NO6. The molecule has 3 rings (SSSR count). The molecule has 0 unspecified atom stereocenters. The van der Waals surface area contributed by atoms with Crippen molar-refractivity contribution in [2.45, 2.75) is 25.0 Å². The predicted octanol–water partition coefficient (Wildman–Crippen LogP) is 1.17. The van der Waals surface area contributed by atoms with Crippen LogP contribution in [0.25, 0.3) is 0 Å². The lowest BCUT2D eigenvalue weighted by molar-refractivity contribution is -0.154. The lowest BCUT2D eigenvalue weighted by Gasteiger charge is -2.31. The monoisotopic (exact) mass is 335 g/mol. The van der Waals surface area contributed by atoms with Gasteiger partial charge < -0.3 is 24.2 Å². The maximum atomic E-state index is 12.6. The van der Waals surface area contributed by atoms with Crippen LogP contribution in [-0.2, 0) is 14.3 Å². The molecule has 0 radical (unpaired) electrons. The van der Waals surface area contributed by atoms with Crippen molar-refractivity contribution in [3.05, 3.63) is 29.8 Å². The Hall–Kier alpha value is -2.12. The number of hydrogen-bond acceptors (Lipinski definition) is 5. The summed E-state index contributed by atoms with van der Waals surface area (Å²) < 4.78 is 16.4. The molecule has 0 saturated carbocycles. The third kappa shape index (κ3) is 4.04. The molecule has 2 heterocycles. The van der Waals surface area contributed by atoms with Gasteiger partial charge in [-0.2, -0.15) is 0 Å². The first-order chi connectivity index (χ1) is 11.6. The molecule has 130 valence electrons. The molecule has 0 spiro atoms.